The highest BCUT2D eigenvalue weighted by Crippen LogP contribution is 2.28. The molecule has 1 fully saturated rings. The van der Waals surface area contributed by atoms with Crippen molar-refractivity contribution in [1.82, 2.24) is 14.9 Å². The van der Waals surface area contributed by atoms with Crippen LogP contribution in [-0.2, 0) is 6.42 Å². The first-order chi connectivity index (χ1) is 12.7. The van der Waals surface area contributed by atoms with E-state index in [1.165, 1.54) is 12.1 Å². The summed E-state index contributed by atoms with van der Waals surface area (Å²) in [5.41, 5.74) is 1.29. The van der Waals surface area contributed by atoms with E-state index in [4.69, 9.17) is 4.42 Å². The van der Waals surface area contributed by atoms with Gasteiger partial charge in [-0.3, -0.25) is 9.78 Å². The second-order valence-electron chi connectivity index (χ2n) is 6.42. The molecule has 0 unspecified atom stereocenters. The molecule has 0 bridgehead atoms. The van der Waals surface area contributed by atoms with E-state index >= 15 is 0 Å². The average Bonchev–Trinajstić information content (AvgIpc) is 3.31. The van der Waals surface area contributed by atoms with Gasteiger partial charge in [-0.2, -0.15) is 0 Å². The second-order valence-corrected chi connectivity index (χ2v) is 6.42. The maximum absolute atomic E-state index is 13.3. The zero-order valence-corrected chi connectivity index (χ0v) is 14.1. The lowest BCUT2D eigenvalue weighted by atomic mass is 10.1. The highest BCUT2D eigenvalue weighted by molar-refractivity contribution is 5.92. The van der Waals surface area contributed by atoms with E-state index in [9.17, 15) is 9.18 Å². The molecule has 0 aliphatic carbocycles. The van der Waals surface area contributed by atoms with Gasteiger partial charge in [0.2, 0.25) is 0 Å². The van der Waals surface area contributed by atoms with E-state index in [2.05, 4.69) is 9.97 Å². The largest absolute Gasteiger partial charge is 0.445 e. The van der Waals surface area contributed by atoms with Crippen LogP contribution in [-0.4, -0.2) is 33.9 Å². The molecule has 1 atom stereocenters. The van der Waals surface area contributed by atoms with Gasteiger partial charge in [0.05, 0.1) is 12.1 Å². The number of halogens is 1. The van der Waals surface area contributed by atoms with Crippen LogP contribution >= 0.6 is 0 Å². The molecule has 3 heterocycles. The molecular weight excluding hydrogens is 333 g/mol. The fraction of sp³-hybridized carbons (Fsp3) is 0.250. The Morgan fingerprint density at radius 3 is 2.96 bits per heavy atom. The van der Waals surface area contributed by atoms with Crippen molar-refractivity contribution in [3.05, 3.63) is 83.6 Å². The minimum Gasteiger partial charge on any atom is -0.445 e. The number of benzene rings is 1. The van der Waals surface area contributed by atoms with Crippen LogP contribution in [0.15, 0.2) is 59.3 Å². The fourth-order valence-corrected chi connectivity index (χ4v) is 3.24. The van der Waals surface area contributed by atoms with Gasteiger partial charge in [0.25, 0.3) is 5.91 Å². The Bertz CT molecular complexity index is 910. The van der Waals surface area contributed by atoms with Crippen molar-refractivity contribution in [2.45, 2.75) is 18.8 Å². The van der Waals surface area contributed by atoms with Crippen LogP contribution in [0.2, 0.25) is 0 Å². The Labute approximate surface area is 150 Å². The number of oxazole rings is 1. The predicted molar refractivity (Wildman–Crippen MR) is 93.2 cm³/mol. The Balaban J connectivity index is 1.42. The van der Waals surface area contributed by atoms with Crippen LogP contribution < -0.4 is 0 Å². The third-order valence-electron chi connectivity index (χ3n) is 4.55. The van der Waals surface area contributed by atoms with Crippen LogP contribution in [0.5, 0.6) is 0 Å². The second kappa shape index (κ2) is 7.07. The van der Waals surface area contributed by atoms with Crippen molar-refractivity contribution in [2.75, 3.05) is 13.1 Å². The first-order valence-corrected chi connectivity index (χ1v) is 8.58. The Kier molecular flexibility index (Phi) is 4.48. The highest BCUT2D eigenvalue weighted by Gasteiger charge is 2.31. The number of hydrogen-bond acceptors (Lipinski definition) is 4. The van der Waals surface area contributed by atoms with Crippen LogP contribution in [0.4, 0.5) is 4.39 Å². The molecule has 1 saturated heterocycles. The minimum atomic E-state index is -0.262. The summed E-state index contributed by atoms with van der Waals surface area (Å²) in [4.78, 5) is 22.7. The third kappa shape index (κ3) is 3.49. The standard InChI is InChI=1S/C20H18FN3O2/c21-16-5-3-4-14(10-16)11-17-12-23-19(26-17)15-7-9-24(13-15)20(25)18-6-1-2-8-22-18/h1-6,8,10,12,15H,7,9,11,13H2/t15-/m1/s1. The molecule has 2 aromatic heterocycles. The Morgan fingerprint density at radius 2 is 2.15 bits per heavy atom. The van der Waals surface area contributed by atoms with Gasteiger partial charge in [-0.1, -0.05) is 18.2 Å². The maximum Gasteiger partial charge on any atom is 0.272 e. The van der Waals surface area contributed by atoms with Crippen molar-refractivity contribution in [2.24, 2.45) is 0 Å². The van der Waals surface area contributed by atoms with E-state index in [1.807, 2.05) is 6.07 Å². The number of rotatable bonds is 4. The summed E-state index contributed by atoms with van der Waals surface area (Å²) in [5, 5.41) is 0. The van der Waals surface area contributed by atoms with Crippen LogP contribution in [0.3, 0.4) is 0 Å². The first kappa shape index (κ1) is 16.4. The molecule has 6 heteroatoms. The van der Waals surface area contributed by atoms with Gasteiger partial charge in [-0.05, 0) is 36.2 Å². The van der Waals surface area contributed by atoms with Gasteiger partial charge in [0.15, 0.2) is 5.89 Å². The average molecular weight is 351 g/mol. The Morgan fingerprint density at radius 1 is 1.23 bits per heavy atom. The molecule has 0 saturated carbocycles. The molecule has 5 nitrogen and oxygen atoms in total. The fourth-order valence-electron chi connectivity index (χ4n) is 3.24. The number of hydrogen-bond donors (Lipinski definition) is 0. The summed E-state index contributed by atoms with van der Waals surface area (Å²) in [7, 11) is 0. The van der Waals surface area contributed by atoms with Crippen molar-refractivity contribution < 1.29 is 13.6 Å². The van der Waals surface area contributed by atoms with E-state index in [0.29, 0.717) is 36.9 Å². The number of pyridine rings is 1. The zero-order chi connectivity index (χ0) is 17.9. The topological polar surface area (TPSA) is 59.2 Å². The SMILES string of the molecule is O=C(c1ccccn1)N1CC[C@@H](c2ncc(Cc3cccc(F)c3)o2)C1. The van der Waals surface area contributed by atoms with Gasteiger partial charge >= 0.3 is 0 Å². The third-order valence-corrected chi connectivity index (χ3v) is 4.55. The smallest absolute Gasteiger partial charge is 0.272 e. The first-order valence-electron chi connectivity index (χ1n) is 8.58. The maximum atomic E-state index is 13.3. The predicted octanol–water partition coefficient (Wildman–Crippen LogP) is 3.43. The molecule has 3 aromatic rings. The summed E-state index contributed by atoms with van der Waals surface area (Å²) in [6.07, 6.45) is 4.60. The molecule has 0 radical (unpaired) electrons. The van der Waals surface area contributed by atoms with Crippen LogP contribution in [0, 0.1) is 5.82 Å². The summed E-state index contributed by atoms with van der Waals surface area (Å²) in [6.45, 7) is 1.22. The monoisotopic (exact) mass is 351 g/mol. The lowest BCUT2D eigenvalue weighted by Gasteiger charge is -2.15. The lowest BCUT2D eigenvalue weighted by Crippen LogP contribution is -2.29. The molecule has 4 rings (SSSR count). The number of likely N-dealkylation sites (tertiary alicyclic amines) is 1. The molecule has 1 aromatic carbocycles. The summed E-state index contributed by atoms with van der Waals surface area (Å²) < 4.78 is 19.1. The van der Waals surface area contributed by atoms with Crippen molar-refractivity contribution in [3.8, 4) is 0 Å². The summed E-state index contributed by atoms with van der Waals surface area (Å²) in [5.74, 6) is 1.07. The number of amides is 1. The van der Waals surface area contributed by atoms with E-state index < -0.39 is 0 Å². The van der Waals surface area contributed by atoms with Crippen LogP contribution in [0.1, 0.15) is 40.0 Å². The van der Waals surface area contributed by atoms with Crippen molar-refractivity contribution in [1.29, 1.82) is 0 Å². The quantitative estimate of drug-likeness (QED) is 0.723. The lowest BCUT2D eigenvalue weighted by molar-refractivity contribution is 0.0784. The molecule has 132 valence electrons. The van der Waals surface area contributed by atoms with E-state index in [1.54, 1.807) is 41.6 Å². The van der Waals surface area contributed by atoms with Gasteiger partial charge in [-0.15, -0.1) is 0 Å². The number of carbonyl (C=O) groups is 1. The molecule has 0 spiro atoms. The van der Waals surface area contributed by atoms with E-state index in [-0.39, 0.29) is 17.6 Å². The zero-order valence-electron chi connectivity index (χ0n) is 14.1. The van der Waals surface area contributed by atoms with E-state index in [0.717, 1.165) is 12.0 Å². The highest BCUT2D eigenvalue weighted by atomic mass is 19.1. The van der Waals surface area contributed by atoms with Gasteiger partial charge in [0, 0.05) is 25.7 Å². The number of nitrogens with zero attached hydrogens (tertiary/aromatic N) is 3. The van der Waals surface area contributed by atoms with Crippen molar-refractivity contribution >= 4 is 5.91 Å². The Hall–Kier alpha value is -3.02. The minimum absolute atomic E-state index is 0.0698. The van der Waals surface area contributed by atoms with Crippen molar-refractivity contribution in [3.63, 3.8) is 0 Å². The van der Waals surface area contributed by atoms with Gasteiger partial charge in [-0.25, -0.2) is 9.37 Å². The molecular formula is C20H18FN3O2. The summed E-state index contributed by atoms with van der Waals surface area (Å²) in [6, 6.07) is 11.8. The van der Waals surface area contributed by atoms with Gasteiger partial charge in [0.1, 0.15) is 17.3 Å². The van der Waals surface area contributed by atoms with Gasteiger partial charge < -0.3 is 9.32 Å². The number of carbonyl (C=O) groups excluding carboxylic acids is 1. The summed E-state index contributed by atoms with van der Waals surface area (Å²) >= 11 is 0. The normalized spacial score (nSPS) is 16.8. The van der Waals surface area contributed by atoms with Crippen LogP contribution in [0.25, 0.3) is 0 Å². The molecule has 1 aliphatic heterocycles. The molecule has 1 amide bonds. The molecule has 1 aliphatic rings. The number of aromatic nitrogens is 2. The molecule has 0 N–H and O–H groups in total. The molecule has 26 heavy (non-hydrogen) atoms.